The van der Waals surface area contributed by atoms with Crippen molar-refractivity contribution in [3.05, 3.63) is 35.1 Å². The summed E-state index contributed by atoms with van der Waals surface area (Å²) < 4.78 is 13.5. The van der Waals surface area contributed by atoms with Crippen molar-refractivity contribution < 1.29 is 9.18 Å². The normalized spacial score (nSPS) is 28.2. The first-order chi connectivity index (χ1) is 7.24. The van der Waals surface area contributed by atoms with Crippen molar-refractivity contribution in [2.75, 3.05) is 6.54 Å². The molecule has 1 aromatic rings. The Morgan fingerprint density at radius 2 is 2.20 bits per heavy atom. The standard InChI is InChI=1S/C12H12FNO/c13-10-3-1-2-9-8(10)4-5-12(9)6-7-14-11(12)15/h1-3H,4-7H2,(H,14,15). The molecule has 1 saturated heterocycles. The Hall–Kier alpha value is -1.38. The molecular weight excluding hydrogens is 193 g/mol. The van der Waals surface area contributed by atoms with Gasteiger partial charge in [0.2, 0.25) is 5.91 Å². The monoisotopic (exact) mass is 205 g/mol. The van der Waals surface area contributed by atoms with Crippen molar-refractivity contribution in [1.29, 1.82) is 0 Å². The first-order valence-corrected chi connectivity index (χ1v) is 5.30. The van der Waals surface area contributed by atoms with Crippen LogP contribution in [0.15, 0.2) is 18.2 Å². The van der Waals surface area contributed by atoms with E-state index in [-0.39, 0.29) is 11.7 Å². The summed E-state index contributed by atoms with van der Waals surface area (Å²) in [6.45, 7) is 0.717. The van der Waals surface area contributed by atoms with Crippen LogP contribution in [0.3, 0.4) is 0 Å². The van der Waals surface area contributed by atoms with Crippen LogP contribution in [0.25, 0.3) is 0 Å². The Balaban J connectivity index is 2.19. The zero-order valence-electron chi connectivity index (χ0n) is 8.35. The van der Waals surface area contributed by atoms with Gasteiger partial charge < -0.3 is 5.32 Å². The number of fused-ring (bicyclic) bond motifs is 2. The Bertz CT molecular complexity index is 443. The second-order valence-corrected chi connectivity index (χ2v) is 4.35. The summed E-state index contributed by atoms with van der Waals surface area (Å²) in [6, 6.07) is 5.08. The topological polar surface area (TPSA) is 29.1 Å². The van der Waals surface area contributed by atoms with E-state index in [1.165, 1.54) is 6.07 Å². The molecule has 15 heavy (non-hydrogen) atoms. The minimum absolute atomic E-state index is 0.0758. The summed E-state index contributed by atoms with van der Waals surface area (Å²) >= 11 is 0. The molecule has 0 saturated carbocycles. The number of carbonyl (C=O) groups excluding carboxylic acids is 1. The smallest absolute Gasteiger partial charge is 0.230 e. The van der Waals surface area contributed by atoms with Crippen LogP contribution >= 0.6 is 0 Å². The lowest BCUT2D eigenvalue weighted by Crippen LogP contribution is -2.33. The second-order valence-electron chi connectivity index (χ2n) is 4.35. The molecule has 1 aromatic carbocycles. The highest BCUT2D eigenvalue weighted by Crippen LogP contribution is 2.44. The highest BCUT2D eigenvalue weighted by molar-refractivity contribution is 5.91. The van der Waals surface area contributed by atoms with Crippen LogP contribution in [0, 0.1) is 5.82 Å². The average Bonchev–Trinajstić information content (AvgIpc) is 2.77. The van der Waals surface area contributed by atoms with E-state index in [1.807, 2.05) is 6.07 Å². The summed E-state index contributed by atoms with van der Waals surface area (Å²) in [7, 11) is 0. The van der Waals surface area contributed by atoms with Gasteiger partial charge in [0, 0.05) is 6.54 Å². The molecule has 0 radical (unpaired) electrons. The average molecular weight is 205 g/mol. The summed E-state index contributed by atoms with van der Waals surface area (Å²) in [5, 5.41) is 2.85. The Kier molecular flexibility index (Phi) is 1.67. The molecule has 1 fully saturated rings. The molecule has 1 unspecified atom stereocenters. The summed E-state index contributed by atoms with van der Waals surface area (Å²) in [6.07, 6.45) is 2.26. The molecule has 0 aromatic heterocycles. The lowest BCUT2D eigenvalue weighted by Gasteiger charge is -2.20. The van der Waals surface area contributed by atoms with Crippen LogP contribution in [-0.2, 0) is 16.6 Å². The maximum atomic E-state index is 13.5. The third-order valence-electron chi connectivity index (χ3n) is 3.71. The van der Waals surface area contributed by atoms with E-state index in [0.717, 1.165) is 30.5 Å². The fourth-order valence-electron chi connectivity index (χ4n) is 2.90. The van der Waals surface area contributed by atoms with Gasteiger partial charge in [-0.25, -0.2) is 4.39 Å². The van der Waals surface area contributed by atoms with Crippen molar-refractivity contribution in [3.63, 3.8) is 0 Å². The first kappa shape index (κ1) is 8.89. The number of hydrogen-bond acceptors (Lipinski definition) is 1. The molecule has 0 bridgehead atoms. The summed E-state index contributed by atoms with van der Waals surface area (Å²) in [5.41, 5.74) is 1.24. The quantitative estimate of drug-likeness (QED) is 0.683. The van der Waals surface area contributed by atoms with Crippen molar-refractivity contribution in [1.82, 2.24) is 5.32 Å². The zero-order valence-corrected chi connectivity index (χ0v) is 8.35. The van der Waals surface area contributed by atoms with E-state index in [4.69, 9.17) is 0 Å². The van der Waals surface area contributed by atoms with Gasteiger partial charge >= 0.3 is 0 Å². The van der Waals surface area contributed by atoms with Crippen LogP contribution in [0.2, 0.25) is 0 Å². The highest BCUT2D eigenvalue weighted by Gasteiger charge is 2.48. The molecular formula is C12H12FNO. The van der Waals surface area contributed by atoms with Crippen molar-refractivity contribution >= 4 is 5.91 Å². The predicted octanol–water partition coefficient (Wildman–Crippen LogP) is 1.53. The molecule has 1 aliphatic carbocycles. The van der Waals surface area contributed by atoms with E-state index in [9.17, 15) is 9.18 Å². The third-order valence-corrected chi connectivity index (χ3v) is 3.71. The van der Waals surface area contributed by atoms with Gasteiger partial charge in [-0.2, -0.15) is 0 Å². The molecule has 2 aliphatic rings. The van der Waals surface area contributed by atoms with Gasteiger partial charge in [0.1, 0.15) is 5.82 Å². The van der Waals surface area contributed by atoms with Gasteiger partial charge in [0.25, 0.3) is 0 Å². The summed E-state index contributed by atoms with van der Waals surface area (Å²) in [5.74, 6) is -0.0871. The third kappa shape index (κ3) is 1.01. The van der Waals surface area contributed by atoms with Gasteiger partial charge in [-0.15, -0.1) is 0 Å². The Morgan fingerprint density at radius 1 is 1.33 bits per heavy atom. The van der Waals surface area contributed by atoms with Gasteiger partial charge in [-0.1, -0.05) is 12.1 Å². The molecule has 3 heteroatoms. The molecule has 1 amide bonds. The Labute approximate surface area is 87.5 Å². The maximum Gasteiger partial charge on any atom is 0.230 e. The molecule has 1 spiro atoms. The number of carbonyl (C=O) groups is 1. The molecule has 78 valence electrons. The molecule has 2 nitrogen and oxygen atoms in total. The van der Waals surface area contributed by atoms with E-state index in [2.05, 4.69) is 5.32 Å². The highest BCUT2D eigenvalue weighted by atomic mass is 19.1. The SMILES string of the molecule is O=C1NCCC12CCc1c(F)cccc12. The number of halogens is 1. The molecule has 1 aliphatic heterocycles. The number of hydrogen-bond donors (Lipinski definition) is 1. The minimum Gasteiger partial charge on any atom is -0.355 e. The van der Waals surface area contributed by atoms with Crippen LogP contribution in [0.4, 0.5) is 4.39 Å². The molecule has 3 rings (SSSR count). The van der Waals surface area contributed by atoms with Crippen molar-refractivity contribution in [2.24, 2.45) is 0 Å². The minimum atomic E-state index is -0.419. The lowest BCUT2D eigenvalue weighted by molar-refractivity contribution is -0.123. The number of nitrogens with one attached hydrogen (secondary N) is 1. The van der Waals surface area contributed by atoms with Gasteiger partial charge in [0.05, 0.1) is 5.41 Å². The largest absolute Gasteiger partial charge is 0.355 e. The van der Waals surface area contributed by atoms with Crippen LogP contribution < -0.4 is 5.32 Å². The number of benzene rings is 1. The van der Waals surface area contributed by atoms with Crippen LogP contribution in [0.5, 0.6) is 0 Å². The second kappa shape index (κ2) is 2.81. The molecule has 1 N–H and O–H groups in total. The lowest BCUT2D eigenvalue weighted by atomic mass is 9.80. The van der Waals surface area contributed by atoms with Gasteiger partial charge in [-0.3, -0.25) is 4.79 Å². The zero-order chi connectivity index (χ0) is 10.5. The molecule has 1 heterocycles. The number of rotatable bonds is 0. The van der Waals surface area contributed by atoms with E-state index < -0.39 is 5.41 Å². The van der Waals surface area contributed by atoms with Gasteiger partial charge in [0.15, 0.2) is 0 Å². The van der Waals surface area contributed by atoms with Gasteiger partial charge in [-0.05, 0) is 36.5 Å². The van der Waals surface area contributed by atoms with E-state index in [0.29, 0.717) is 6.42 Å². The first-order valence-electron chi connectivity index (χ1n) is 5.30. The van der Waals surface area contributed by atoms with E-state index in [1.54, 1.807) is 6.07 Å². The van der Waals surface area contributed by atoms with E-state index >= 15 is 0 Å². The summed E-state index contributed by atoms with van der Waals surface area (Å²) in [4.78, 5) is 11.8. The van der Waals surface area contributed by atoms with Crippen molar-refractivity contribution in [2.45, 2.75) is 24.7 Å². The maximum absolute atomic E-state index is 13.5. The Morgan fingerprint density at radius 3 is 2.93 bits per heavy atom. The number of amides is 1. The van der Waals surface area contributed by atoms with Crippen molar-refractivity contribution in [3.8, 4) is 0 Å². The van der Waals surface area contributed by atoms with Crippen LogP contribution in [0.1, 0.15) is 24.0 Å². The molecule has 1 atom stereocenters. The van der Waals surface area contributed by atoms with Crippen LogP contribution in [-0.4, -0.2) is 12.5 Å². The fourth-order valence-corrected chi connectivity index (χ4v) is 2.90. The fraction of sp³-hybridized carbons (Fsp3) is 0.417. The predicted molar refractivity (Wildman–Crippen MR) is 54.0 cm³/mol.